The maximum atomic E-state index is 8.60. The van der Waals surface area contributed by atoms with Gasteiger partial charge < -0.3 is 9.52 Å². The van der Waals surface area contributed by atoms with E-state index in [1.165, 1.54) is 0 Å². The Morgan fingerprint density at radius 1 is 1.70 bits per heavy atom. The molecule has 2 nitrogen and oxygen atoms in total. The van der Waals surface area contributed by atoms with E-state index in [4.69, 9.17) is 9.52 Å². The van der Waals surface area contributed by atoms with Crippen LogP contribution in [0.5, 0.6) is 0 Å². The van der Waals surface area contributed by atoms with E-state index in [0.717, 1.165) is 12.0 Å². The van der Waals surface area contributed by atoms with Crippen LogP contribution in [0.25, 0.3) is 0 Å². The van der Waals surface area contributed by atoms with Crippen molar-refractivity contribution in [1.82, 2.24) is 0 Å². The molecule has 0 aromatic carbocycles. The van der Waals surface area contributed by atoms with Gasteiger partial charge in [-0.2, -0.15) is 0 Å². The van der Waals surface area contributed by atoms with Crippen molar-refractivity contribution in [2.45, 2.75) is 13.0 Å². The monoisotopic (exact) mass is 138 g/mol. The number of hydrogen-bond acceptors (Lipinski definition) is 2. The first kappa shape index (κ1) is 7.09. The van der Waals surface area contributed by atoms with Gasteiger partial charge in [0.15, 0.2) is 0 Å². The van der Waals surface area contributed by atoms with Crippen molar-refractivity contribution >= 4 is 0 Å². The number of aliphatic hydroxyl groups excluding tert-OH is 1. The molecule has 1 N–H and O–H groups in total. The molecule has 54 valence electrons. The van der Waals surface area contributed by atoms with Crippen LogP contribution in [0.3, 0.4) is 0 Å². The largest absolute Gasteiger partial charge is 0.467 e. The van der Waals surface area contributed by atoms with Crippen LogP contribution in [0.4, 0.5) is 0 Å². The van der Waals surface area contributed by atoms with Gasteiger partial charge in [0.2, 0.25) is 0 Å². The Labute approximate surface area is 59.8 Å². The first-order valence-corrected chi connectivity index (χ1v) is 3.15. The summed E-state index contributed by atoms with van der Waals surface area (Å²) in [4.78, 5) is 0. The molecule has 1 heterocycles. The Balaban J connectivity index is 2.67. The highest BCUT2D eigenvalue weighted by atomic mass is 16.4. The second-order valence-corrected chi connectivity index (χ2v) is 2.07. The number of rotatable bonds is 3. The standard InChI is InChI=1S/C8H10O2/c1-2-3-7-4-8(5-9)10-6-7/h2,4,6,9H,1,3,5H2. The van der Waals surface area contributed by atoms with E-state index >= 15 is 0 Å². The smallest absolute Gasteiger partial charge is 0.129 e. The van der Waals surface area contributed by atoms with Crippen LogP contribution in [0.15, 0.2) is 29.4 Å². The minimum absolute atomic E-state index is 0.0306. The normalized spacial score (nSPS) is 9.70. The van der Waals surface area contributed by atoms with Crippen molar-refractivity contribution in [2.24, 2.45) is 0 Å². The fraction of sp³-hybridized carbons (Fsp3) is 0.250. The zero-order valence-corrected chi connectivity index (χ0v) is 5.71. The molecule has 0 radical (unpaired) electrons. The minimum Gasteiger partial charge on any atom is -0.467 e. The number of allylic oxidation sites excluding steroid dienone is 1. The molecular weight excluding hydrogens is 128 g/mol. The molecular formula is C8H10O2. The molecule has 10 heavy (non-hydrogen) atoms. The van der Waals surface area contributed by atoms with E-state index in [2.05, 4.69) is 6.58 Å². The van der Waals surface area contributed by atoms with Crippen LogP contribution in [-0.2, 0) is 13.0 Å². The molecule has 0 atom stereocenters. The molecule has 0 saturated carbocycles. The molecule has 0 unspecified atom stereocenters. The SMILES string of the molecule is C=CCc1coc(CO)c1. The lowest BCUT2D eigenvalue weighted by molar-refractivity contribution is 0.247. The third kappa shape index (κ3) is 1.48. The molecule has 0 aliphatic carbocycles. The average Bonchev–Trinajstić information content (AvgIpc) is 2.37. The van der Waals surface area contributed by atoms with Crippen LogP contribution in [0.2, 0.25) is 0 Å². The number of aliphatic hydroxyl groups is 1. The quantitative estimate of drug-likeness (QED) is 0.642. The average molecular weight is 138 g/mol. The lowest BCUT2D eigenvalue weighted by Crippen LogP contribution is -1.75. The summed E-state index contributed by atoms with van der Waals surface area (Å²) in [5, 5.41) is 8.60. The van der Waals surface area contributed by atoms with Crippen LogP contribution in [-0.4, -0.2) is 5.11 Å². The van der Waals surface area contributed by atoms with Gasteiger partial charge in [-0.05, 0) is 18.1 Å². The molecule has 0 bridgehead atoms. The lowest BCUT2D eigenvalue weighted by Gasteiger charge is -1.82. The highest BCUT2D eigenvalue weighted by molar-refractivity contribution is 5.14. The van der Waals surface area contributed by atoms with Crippen molar-refractivity contribution in [3.63, 3.8) is 0 Å². The van der Waals surface area contributed by atoms with E-state index in [1.54, 1.807) is 12.3 Å². The van der Waals surface area contributed by atoms with E-state index in [9.17, 15) is 0 Å². The Morgan fingerprint density at radius 3 is 3.00 bits per heavy atom. The second-order valence-electron chi connectivity index (χ2n) is 2.07. The van der Waals surface area contributed by atoms with Gasteiger partial charge in [0.1, 0.15) is 12.4 Å². The third-order valence-corrected chi connectivity index (χ3v) is 1.24. The molecule has 0 amide bonds. The van der Waals surface area contributed by atoms with Crippen LogP contribution >= 0.6 is 0 Å². The fourth-order valence-electron chi connectivity index (χ4n) is 0.783. The van der Waals surface area contributed by atoms with Crippen LogP contribution in [0, 0.1) is 0 Å². The molecule has 0 aliphatic rings. The van der Waals surface area contributed by atoms with Crippen molar-refractivity contribution in [1.29, 1.82) is 0 Å². The Hall–Kier alpha value is -1.02. The zero-order valence-electron chi connectivity index (χ0n) is 5.71. The first-order chi connectivity index (χ1) is 4.86. The van der Waals surface area contributed by atoms with Crippen molar-refractivity contribution in [3.05, 3.63) is 36.3 Å². The summed E-state index contributed by atoms with van der Waals surface area (Å²) in [5.41, 5.74) is 1.05. The highest BCUT2D eigenvalue weighted by Crippen LogP contribution is 2.07. The third-order valence-electron chi connectivity index (χ3n) is 1.24. The molecule has 1 aromatic heterocycles. The Kier molecular flexibility index (Phi) is 2.29. The van der Waals surface area contributed by atoms with Gasteiger partial charge in [-0.15, -0.1) is 6.58 Å². The van der Waals surface area contributed by atoms with Gasteiger partial charge in [-0.3, -0.25) is 0 Å². The minimum atomic E-state index is -0.0306. The molecule has 0 fully saturated rings. The maximum Gasteiger partial charge on any atom is 0.129 e. The maximum absolute atomic E-state index is 8.60. The summed E-state index contributed by atoms with van der Waals surface area (Å²) in [7, 11) is 0. The summed E-state index contributed by atoms with van der Waals surface area (Å²) in [6.07, 6.45) is 4.22. The summed E-state index contributed by atoms with van der Waals surface area (Å²) in [5.74, 6) is 0.608. The summed E-state index contributed by atoms with van der Waals surface area (Å²) in [6, 6.07) is 1.82. The van der Waals surface area contributed by atoms with Crippen LogP contribution < -0.4 is 0 Å². The zero-order chi connectivity index (χ0) is 7.40. The van der Waals surface area contributed by atoms with Gasteiger partial charge in [0, 0.05) is 0 Å². The molecule has 2 heteroatoms. The molecule has 1 aromatic rings. The molecule has 0 aliphatic heterocycles. The van der Waals surface area contributed by atoms with Crippen LogP contribution in [0.1, 0.15) is 11.3 Å². The second kappa shape index (κ2) is 3.22. The summed E-state index contributed by atoms with van der Waals surface area (Å²) < 4.78 is 4.97. The Bertz CT molecular complexity index is 213. The Morgan fingerprint density at radius 2 is 2.50 bits per heavy atom. The number of furan rings is 1. The van der Waals surface area contributed by atoms with Gasteiger partial charge in [-0.25, -0.2) is 0 Å². The van der Waals surface area contributed by atoms with Gasteiger partial charge in [0.25, 0.3) is 0 Å². The van der Waals surface area contributed by atoms with Gasteiger partial charge in [-0.1, -0.05) is 6.08 Å². The van der Waals surface area contributed by atoms with Crippen molar-refractivity contribution in [3.8, 4) is 0 Å². The van der Waals surface area contributed by atoms with E-state index in [0.29, 0.717) is 5.76 Å². The number of hydrogen-bond donors (Lipinski definition) is 1. The topological polar surface area (TPSA) is 33.4 Å². The van der Waals surface area contributed by atoms with Gasteiger partial charge >= 0.3 is 0 Å². The summed E-state index contributed by atoms with van der Waals surface area (Å²) in [6.45, 7) is 3.56. The predicted octanol–water partition coefficient (Wildman–Crippen LogP) is 1.50. The van der Waals surface area contributed by atoms with E-state index in [-0.39, 0.29) is 6.61 Å². The van der Waals surface area contributed by atoms with Crippen molar-refractivity contribution < 1.29 is 9.52 Å². The molecule has 0 saturated heterocycles. The highest BCUT2D eigenvalue weighted by Gasteiger charge is 1.96. The molecule has 1 rings (SSSR count). The summed E-state index contributed by atoms with van der Waals surface area (Å²) >= 11 is 0. The van der Waals surface area contributed by atoms with Crippen molar-refractivity contribution in [2.75, 3.05) is 0 Å². The van der Waals surface area contributed by atoms with E-state index < -0.39 is 0 Å². The first-order valence-electron chi connectivity index (χ1n) is 3.15. The fourth-order valence-corrected chi connectivity index (χ4v) is 0.783. The molecule has 0 spiro atoms. The lowest BCUT2D eigenvalue weighted by atomic mass is 10.2. The predicted molar refractivity (Wildman–Crippen MR) is 38.5 cm³/mol. The van der Waals surface area contributed by atoms with Gasteiger partial charge in [0.05, 0.1) is 6.26 Å². The van der Waals surface area contributed by atoms with E-state index in [1.807, 2.05) is 6.07 Å².